The number of hydrogen-bond donors (Lipinski definition) is 1. The van der Waals surface area contributed by atoms with Crippen molar-refractivity contribution in [1.29, 1.82) is 0 Å². The predicted molar refractivity (Wildman–Crippen MR) is 103 cm³/mol. The molecule has 3 aliphatic rings. The third-order valence-electron chi connectivity index (χ3n) is 6.52. The van der Waals surface area contributed by atoms with E-state index in [4.69, 9.17) is 0 Å². The van der Waals surface area contributed by atoms with Crippen molar-refractivity contribution in [3.05, 3.63) is 18.0 Å². The maximum absolute atomic E-state index is 13.2. The van der Waals surface area contributed by atoms with Crippen molar-refractivity contribution in [2.45, 2.75) is 62.9 Å². The fourth-order valence-corrected chi connectivity index (χ4v) is 6.76. The zero-order chi connectivity index (χ0) is 18.9. The molecule has 1 aromatic rings. The van der Waals surface area contributed by atoms with Crippen molar-refractivity contribution in [1.82, 2.24) is 20.0 Å². The van der Waals surface area contributed by atoms with Gasteiger partial charge in [-0.3, -0.25) is 14.8 Å². The molecule has 1 amide bonds. The highest BCUT2D eigenvalue weighted by molar-refractivity contribution is 7.91. The average Bonchev–Trinajstić information content (AvgIpc) is 3.38. The first-order valence-electron chi connectivity index (χ1n) is 10.2. The van der Waals surface area contributed by atoms with E-state index in [2.05, 4.69) is 15.1 Å². The second-order valence-corrected chi connectivity index (χ2v) is 10.6. The van der Waals surface area contributed by atoms with Crippen LogP contribution >= 0.6 is 0 Å². The molecule has 27 heavy (non-hydrogen) atoms. The molecule has 1 N–H and O–H groups in total. The van der Waals surface area contributed by atoms with Gasteiger partial charge in [0.2, 0.25) is 5.91 Å². The number of aromatic amines is 1. The van der Waals surface area contributed by atoms with E-state index >= 15 is 0 Å². The van der Waals surface area contributed by atoms with E-state index in [1.807, 2.05) is 11.0 Å². The van der Waals surface area contributed by atoms with Crippen LogP contribution in [0, 0.1) is 0 Å². The van der Waals surface area contributed by atoms with E-state index < -0.39 is 9.84 Å². The molecule has 8 heteroatoms. The number of carbonyl (C=O) groups excluding carboxylic acids is 1. The van der Waals surface area contributed by atoms with Crippen LogP contribution in [0.2, 0.25) is 0 Å². The Kier molecular flexibility index (Phi) is 5.55. The Balaban J connectivity index is 1.37. The number of hydrogen-bond acceptors (Lipinski definition) is 5. The number of piperidine rings is 1. The molecule has 2 aliphatic heterocycles. The highest BCUT2D eigenvalue weighted by atomic mass is 32.2. The number of likely N-dealkylation sites (tertiary alicyclic amines) is 1. The van der Waals surface area contributed by atoms with E-state index in [1.165, 1.54) is 5.69 Å². The van der Waals surface area contributed by atoms with E-state index in [0.29, 0.717) is 18.9 Å². The van der Waals surface area contributed by atoms with Gasteiger partial charge in [0, 0.05) is 29.9 Å². The summed E-state index contributed by atoms with van der Waals surface area (Å²) in [5.74, 6) is 0.995. The van der Waals surface area contributed by atoms with Gasteiger partial charge < -0.3 is 4.90 Å². The number of aromatic nitrogens is 2. The number of amides is 1. The highest BCUT2D eigenvalue weighted by Gasteiger charge is 2.39. The molecular weight excluding hydrogens is 364 g/mol. The standard InChI is InChI=1S/C19H30N4O3S/c24-19(13-22-10-6-15(7-11-22)18-5-9-20-21-18)23(16-3-1-2-4-16)17-8-12-27(25,26)14-17/h5,9,15-17H,1-4,6-8,10-14H2,(H,20,21)/t17-/m0/s1. The summed E-state index contributed by atoms with van der Waals surface area (Å²) in [6, 6.07) is 2.15. The molecule has 0 radical (unpaired) electrons. The molecular formula is C19H30N4O3S. The fourth-order valence-electron chi connectivity index (χ4n) is 5.05. The quantitative estimate of drug-likeness (QED) is 0.819. The van der Waals surface area contributed by atoms with Crippen LogP contribution in [-0.2, 0) is 14.6 Å². The van der Waals surface area contributed by atoms with Crippen LogP contribution in [0.1, 0.15) is 56.6 Å². The van der Waals surface area contributed by atoms with E-state index in [-0.39, 0.29) is 29.5 Å². The summed E-state index contributed by atoms with van der Waals surface area (Å²) < 4.78 is 23.9. The summed E-state index contributed by atoms with van der Waals surface area (Å²) in [6.07, 6.45) is 8.77. The molecule has 2 saturated heterocycles. The Morgan fingerprint density at radius 1 is 1.15 bits per heavy atom. The molecule has 4 rings (SSSR count). The van der Waals surface area contributed by atoms with Crippen molar-refractivity contribution in [2.24, 2.45) is 0 Å². The van der Waals surface area contributed by atoms with Crippen molar-refractivity contribution < 1.29 is 13.2 Å². The fraction of sp³-hybridized carbons (Fsp3) is 0.789. The normalized spacial score (nSPS) is 27.2. The minimum absolute atomic E-state index is 0.117. The summed E-state index contributed by atoms with van der Waals surface area (Å²) >= 11 is 0. The van der Waals surface area contributed by atoms with Gasteiger partial charge in [0.05, 0.1) is 18.1 Å². The SMILES string of the molecule is O=C(CN1CCC(c2ccn[nH]2)CC1)N(C1CCCC1)[C@H]1CCS(=O)(=O)C1. The molecule has 150 valence electrons. The monoisotopic (exact) mass is 394 g/mol. The topological polar surface area (TPSA) is 86.4 Å². The molecule has 1 saturated carbocycles. The van der Waals surface area contributed by atoms with Gasteiger partial charge in [-0.15, -0.1) is 0 Å². The Morgan fingerprint density at radius 3 is 2.48 bits per heavy atom. The third-order valence-corrected chi connectivity index (χ3v) is 8.27. The lowest BCUT2D eigenvalue weighted by Crippen LogP contribution is -2.51. The minimum Gasteiger partial charge on any atom is -0.335 e. The Morgan fingerprint density at radius 2 is 1.89 bits per heavy atom. The first kappa shape index (κ1) is 18.9. The number of nitrogens with one attached hydrogen (secondary N) is 1. The Hall–Kier alpha value is -1.41. The van der Waals surface area contributed by atoms with Gasteiger partial charge in [-0.25, -0.2) is 8.42 Å². The van der Waals surface area contributed by atoms with Gasteiger partial charge in [-0.1, -0.05) is 12.8 Å². The van der Waals surface area contributed by atoms with Crippen LogP contribution in [0.5, 0.6) is 0 Å². The maximum Gasteiger partial charge on any atom is 0.237 e. The molecule has 1 aromatic heterocycles. The van der Waals surface area contributed by atoms with Crippen molar-refractivity contribution in [2.75, 3.05) is 31.1 Å². The van der Waals surface area contributed by atoms with Crippen LogP contribution in [0.4, 0.5) is 0 Å². The van der Waals surface area contributed by atoms with Gasteiger partial charge in [0.15, 0.2) is 9.84 Å². The zero-order valence-corrected chi connectivity index (χ0v) is 16.7. The van der Waals surface area contributed by atoms with Gasteiger partial charge in [-0.05, 0) is 51.3 Å². The number of H-pyrrole nitrogens is 1. The second-order valence-electron chi connectivity index (χ2n) is 8.36. The van der Waals surface area contributed by atoms with Gasteiger partial charge in [0.25, 0.3) is 0 Å². The lowest BCUT2D eigenvalue weighted by Gasteiger charge is -2.37. The van der Waals surface area contributed by atoms with Crippen LogP contribution < -0.4 is 0 Å². The number of nitrogens with zero attached hydrogens (tertiary/aromatic N) is 3. The van der Waals surface area contributed by atoms with Crippen molar-refractivity contribution in [3.63, 3.8) is 0 Å². The number of carbonyl (C=O) groups is 1. The second kappa shape index (κ2) is 7.91. The molecule has 3 heterocycles. The average molecular weight is 395 g/mol. The van der Waals surface area contributed by atoms with Crippen LogP contribution in [0.15, 0.2) is 12.3 Å². The summed E-state index contributed by atoms with van der Waals surface area (Å²) in [4.78, 5) is 17.4. The predicted octanol–water partition coefficient (Wildman–Crippen LogP) is 1.55. The molecule has 0 unspecified atom stereocenters. The van der Waals surface area contributed by atoms with Gasteiger partial charge in [0.1, 0.15) is 0 Å². The summed E-state index contributed by atoms with van der Waals surface area (Å²) in [5, 5.41) is 7.10. The van der Waals surface area contributed by atoms with E-state index in [1.54, 1.807) is 6.20 Å². The van der Waals surface area contributed by atoms with Crippen LogP contribution in [0.25, 0.3) is 0 Å². The highest BCUT2D eigenvalue weighted by Crippen LogP contribution is 2.30. The molecule has 1 aliphatic carbocycles. The molecule has 3 fully saturated rings. The first-order valence-corrected chi connectivity index (χ1v) is 12.1. The van der Waals surface area contributed by atoms with E-state index in [0.717, 1.165) is 51.6 Å². The lowest BCUT2D eigenvalue weighted by atomic mass is 9.93. The lowest BCUT2D eigenvalue weighted by molar-refractivity contribution is -0.137. The minimum atomic E-state index is -2.99. The summed E-state index contributed by atoms with van der Waals surface area (Å²) in [7, 11) is -2.99. The van der Waals surface area contributed by atoms with Crippen molar-refractivity contribution >= 4 is 15.7 Å². The van der Waals surface area contributed by atoms with Gasteiger partial charge >= 0.3 is 0 Å². The van der Waals surface area contributed by atoms with Crippen LogP contribution in [0.3, 0.4) is 0 Å². The number of sulfone groups is 1. The molecule has 0 aromatic carbocycles. The molecule has 7 nitrogen and oxygen atoms in total. The van der Waals surface area contributed by atoms with Crippen molar-refractivity contribution in [3.8, 4) is 0 Å². The largest absolute Gasteiger partial charge is 0.335 e. The van der Waals surface area contributed by atoms with Crippen LogP contribution in [-0.4, -0.2) is 77.5 Å². The summed E-state index contributed by atoms with van der Waals surface area (Å²) in [5.41, 5.74) is 1.18. The maximum atomic E-state index is 13.2. The smallest absolute Gasteiger partial charge is 0.237 e. The molecule has 1 atom stereocenters. The zero-order valence-electron chi connectivity index (χ0n) is 15.8. The third kappa shape index (κ3) is 4.37. The number of rotatable bonds is 5. The molecule has 0 spiro atoms. The Bertz CT molecular complexity index is 735. The van der Waals surface area contributed by atoms with Gasteiger partial charge in [-0.2, -0.15) is 5.10 Å². The Labute approximate surface area is 161 Å². The first-order chi connectivity index (χ1) is 13.0. The van der Waals surface area contributed by atoms with E-state index in [9.17, 15) is 13.2 Å². The molecule has 0 bridgehead atoms. The summed E-state index contributed by atoms with van der Waals surface area (Å²) in [6.45, 7) is 2.22.